The van der Waals surface area contributed by atoms with Gasteiger partial charge in [0.15, 0.2) is 11.6 Å². The third-order valence-corrected chi connectivity index (χ3v) is 8.15. The van der Waals surface area contributed by atoms with Gasteiger partial charge in [0.25, 0.3) is 5.91 Å². The lowest BCUT2D eigenvalue weighted by molar-refractivity contribution is 0.0717. The number of pyridine rings is 1. The maximum Gasteiger partial charge on any atom is 0.289 e. The summed E-state index contributed by atoms with van der Waals surface area (Å²) in [7, 11) is 0. The van der Waals surface area contributed by atoms with Crippen LogP contribution < -0.4 is 4.90 Å². The third-order valence-electron chi connectivity index (χ3n) is 6.97. The summed E-state index contributed by atoms with van der Waals surface area (Å²) < 4.78 is 5.83. The number of rotatable bonds is 3. The van der Waals surface area contributed by atoms with E-state index in [1.54, 1.807) is 17.5 Å². The molecule has 1 aliphatic heterocycles. The van der Waals surface area contributed by atoms with Crippen molar-refractivity contribution in [2.24, 2.45) is 0 Å². The number of carbonyl (C=O) groups excluding carboxylic acids is 1. The van der Waals surface area contributed by atoms with Crippen LogP contribution >= 0.6 is 11.3 Å². The molecule has 0 N–H and O–H groups in total. The molecule has 5 aromatic rings. The van der Waals surface area contributed by atoms with Gasteiger partial charge < -0.3 is 14.2 Å². The van der Waals surface area contributed by atoms with Crippen molar-refractivity contribution in [3.63, 3.8) is 0 Å². The summed E-state index contributed by atoms with van der Waals surface area (Å²) in [5.74, 6) is 2.05. The van der Waals surface area contributed by atoms with Crippen molar-refractivity contribution in [1.82, 2.24) is 19.9 Å². The molecule has 0 radical (unpaired) electrons. The fraction of sp³-hybridized carbons (Fsp3) is 0.259. The second kappa shape index (κ2) is 8.16. The van der Waals surface area contributed by atoms with Crippen molar-refractivity contribution in [2.45, 2.75) is 19.3 Å². The van der Waals surface area contributed by atoms with Crippen LogP contribution in [0.4, 0.5) is 5.82 Å². The van der Waals surface area contributed by atoms with Crippen molar-refractivity contribution < 1.29 is 9.21 Å². The average molecular weight is 482 g/mol. The number of nitrogens with zero attached hydrogens (tertiary/aromatic N) is 5. The highest BCUT2D eigenvalue weighted by molar-refractivity contribution is 7.19. The van der Waals surface area contributed by atoms with Crippen molar-refractivity contribution in [3.8, 4) is 11.4 Å². The van der Waals surface area contributed by atoms with Gasteiger partial charge in [-0.2, -0.15) is 0 Å². The second-order valence-corrected chi connectivity index (χ2v) is 10.2. The monoisotopic (exact) mass is 481 g/mol. The van der Waals surface area contributed by atoms with Crippen molar-refractivity contribution in [2.75, 3.05) is 31.1 Å². The van der Waals surface area contributed by atoms with Crippen LogP contribution in [0.3, 0.4) is 0 Å². The van der Waals surface area contributed by atoms with E-state index in [4.69, 9.17) is 14.4 Å². The van der Waals surface area contributed by atoms with Crippen LogP contribution in [0.5, 0.6) is 0 Å². The Morgan fingerprint density at radius 2 is 1.89 bits per heavy atom. The predicted octanol–water partition coefficient (Wildman–Crippen LogP) is 4.95. The van der Waals surface area contributed by atoms with E-state index in [2.05, 4.69) is 9.88 Å². The van der Waals surface area contributed by atoms with E-state index in [0.717, 1.165) is 53.1 Å². The second-order valence-electron chi connectivity index (χ2n) is 9.08. The van der Waals surface area contributed by atoms with Crippen LogP contribution in [0.2, 0.25) is 0 Å². The molecular formula is C27H23N5O2S. The summed E-state index contributed by atoms with van der Waals surface area (Å²) in [4.78, 5) is 34.1. The number of hydrogen-bond donors (Lipinski definition) is 0. The standard InChI is InChI=1S/C27H23N5O2S/c33-27(21-15-17-5-1-2-8-20(17)34-21)32-13-11-31(12-14-32)25-23-19-7-3-9-22(19)35-26(23)30-24(29-25)18-6-4-10-28-16-18/h1-2,4-6,8,10,15-16H,3,7,9,11-14H2. The van der Waals surface area contributed by atoms with Crippen molar-refractivity contribution >= 4 is 44.2 Å². The molecule has 1 aliphatic carbocycles. The summed E-state index contributed by atoms with van der Waals surface area (Å²) in [6.45, 7) is 2.68. The van der Waals surface area contributed by atoms with Gasteiger partial charge in [-0.1, -0.05) is 18.2 Å². The maximum atomic E-state index is 13.2. The van der Waals surface area contributed by atoms with E-state index in [9.17, 15) is 4.79 Å². The number of furan rings is 1. The molecule has 7 rings (SSSR count). The van der Waals surface area contributed by atoms with Gasteiger partial charge in [-0.3, -0.25) is 9.78 Å². The Morgan fingerprint density at radius 1 is 1.00 bits per heavy atom. The first kappa shape index (κ1) is 20.6. The van der Waals surface area contributed by atoms with Crippen LogP contribution in [0.1, 0.15) is 27.4 Å². The highest BCUT2D eigenvalue weighted by atomic mass is 32.1. The molecule has 0 spiro atoms. The summed E-state index contributed by atoms with van der Waals surface area (Å²) in [5, 5.41) is 2.15. The molecule has 1 aromatic carbocycles. The van der Waals surface area contributed by atoms with Crippen LogP contribution in [-0.4, -0.2) is 51.9 Å². The number of amides is 1. The van der Waals surface area contributed by atoms with Crippen LogP contribution in [0, 0.1) is 0 Å². The Hall–Kier alpha value is -3.78. The topological polar surface area (TPSA) is 75.4 Å². The lowest BCUT2D eigenvalue weighted by atomic mass is 10.1. The number of thiophene rings is 1. The highest BCUT2D eigenvalue weighted by Gasteiger charge is 2.29. The van der Waals surface area contributed by atoms with E-state index in [-0.39, 0.29) is 5.91 Å². The van der Waals surface area contributed by atoms with Gasteiger partial charge in [-0.25, -0.2) is 9.97 Å². The number of benzene rings is 1. The van der Waals surface area contributed by atoms with Gasteiger partial charge in [0, 0.05) is 54.4 Å². The van der Waals surface area contributed by atoms with Crippen LogP contribution in [0.25, 0.3) is 32.6 Å². The normalized spacial score (nSPS) is 15.8. The third kappa shape index (κ3) is 3.47. The SMILES string of the molecule is O=C(c1cc2ccccc2o1)N1CCN(c2nc(-c3cccnc3)nc3sc4c(c23)CCC4)CC1. The fourth-order valence-corrected chi connectivity index (χ4v) is 6.45. The lowest BCUT2D eigenvalue weighted by Crippen LogP contribution is -2.49. The number of aromatic nitrogens is 3. The molecular weight excluding hydrogens is 458 g/mol. The van der Waals surface area contributed by atoms with E-state index in [0.29, 0.717) is 24.7 Å². The van der Waals surface area contributed by atoms with Crippen molar-refractivity contribution in [1.29, 1.82) is 0 Å². The number of piperazine rings is 1. The lowest BCUT2D eigenvalue weighted by Gasteiger charge is -2.35. The van der Waals surface area contributed by atoms with Crippen LogP contribution in [0.15, 0.2) is 59.3 Å². The largest absolute Gasteiger partial charge is 0.451 e. The predicted molar refractivity (Wildman–Crippen MR) is 137 cm³/mol. The van der Waals surface area contributed by atoms with E-state index in [1.165, 1.54) is 22.2 Å². The molecule has 1 saturated heterocycles. The summed E-state index contributed by atoms with van der Waals surface area (Å²) >= 11 is 1.80. The Morgan fingerprint density at radius 3 is 2.71 bits per heavy atom. The molecule has 174 valence electrons. The quantitative estimate of drug-likeness (QED) is 0.363. The molecule has 4 aromatic heterocycles. The van der Waals surface area contributed by atoms with Gasteiger partial charge >= 0.3 is 0 Å². The number of hydrogen-bond acceptors (Lipinski definition) is 7. The van der Waals surface area contributed by atoms with Gasteiger partial charge in [-0.15, -0.1) is 11.3 Å². The van der Waals surface area contributed by atoms with Gasteiger partial charge in [-0.05, 0) is 49.1 Å². The summed E-state index contributed by atoms with van der Waals surface area (Å²) in [6.07, 6.45) is 6.98. The fourth-order valence-electron chi connectivity index (χ4n) is 5.19. The molecule has 5 heterocycles. The molecule has 7 nitrogen and oxygen atoms in total. The number of fused-ring (bicyclic) bond motifs is 4. The molecule has 0 bridgehead atoms. The molecule has 0 atom stereocenters. The Labute approximate surface area is 206 Å². The molecule has 1 fully saturated rings. The zero-order valence-electron chi connectivity index (χ0n) is 19.1. The molecule has 2 aliphatic rings. The molecule has 0 saturated carbocycles. The van der Waals surface area contributed by atoms with Gasteiger partial charge in [0.1, 0.15) is 16.2 Å². The van der Waals surface area contributed by atoms with Crippen LogP contribution in [-0.2, 0) is 12.8 Å². The average Bonchev–Trinajstić information content (AvgIpc) is 3.63. The highest BCUT2D eigenvalue weighted by Crippen LogP contribution is 2.41. The number of anilines is 1. The zero-order valence-corrected chi connectivity index (χ0v) is 19.9. The Kier molecular flexibility index (Phi) is 4.80. The van der Waals surface area contributed by atoms with E-state index < -0.39 is 0 Å². The smallest absolute Gasteiger partial charge is 0.289 e. The number of para-hydroxylation sites is 1. The summed E-state index contributed by atoms with van der Waals surface area (Å²) in [5.41, 5.74) is 3.08. The first-order chi connectivity index (χ1) is 17.2. The number of aryl methyl sites for hydroxylation is 2. The first-order valence-electron chi connectivity index (χ1n) is 12.0. The number of carbonyl (C=O) groups is 1. The molecule has 1 amide bonds. The van der Waals surface area contributed by atoms with Gasteiger partial charge in [0.2, 0.25) is 0 Å². The van der Waals surface area contributed by atoms with Crippen molar-refractivity contribution in [3.05, 3.63) is 71.1 Å². The minimum atomic E-state index is -0.0545. The van der Waals surface area contributed by atoms with E-state index in [1.807, 2.05) is 53.6 Å². The maximum absolute atomic E-state index is 13.2. The molecule has 35 heavy (non-hydrogen) atoms. The molecule has 8 heteroatoms. The Balaban J connectivity index is 1.20. The summed E-state index contributed by atoms with van der Waals surface area (Å²) in [6, 6.07) is 13.5. The Bertz CT molecular complexity index is 1530. The minimum Gasteiger partial charge on any atom is -0.451 e. The van der Waals surface area contributed by atoms with E-state index >= 15 is 0 Å². The van der Waals surface area contributed by atoms with Gasteiger partial charge in [0.05, 0.1) is 5.39 Å². The zero-order chi connectivity index (χ0) is 23.4. The molecule has 0 unspecified atom stereocenters. The minimum absolute atomic E-state index is 0.0545. The first-order valence-corrected chi connectivity index (χ1v) is 12.8.